The summed E-state index contributed by atoms with van der Waals surface area (Å²) < 4.78 is 5.55. The third kappa shape index (κ3) is 2.93. The quantitative estimate of drug-likeness (QED) is 0.830. The number of benzene rings is 1. The molecule has 0 N–H and O–H groups in total. The first-order valence-corrected chi connectivity index (χ1v) is 9.33. The Morgan fingerprint density at radius 1 is 1.38 bits per heavy atom. The van der Waals surface area contributed by atoms with Crippen molar-refractivity contribution in [2.45, 2.75) is 46.5 Å². The van der Waals surface area contributed by atoms with E-state index in [0.29, 0.717) is 0 Å². The highest BCUT2D eigenvalue weighted by Crippen LogP contribution is 2.39. The number of hydrogen-bond acceptors (Lipinski definition) is 4. The maximum absolute atomic E-state index is 13.2. The lowest BCUT2D eigenvalue weighted by molar-refractivity contribution is 0.0987. The number of carbonyl (C=O) groups excluding carboxylic acids is 1. The van der Waals surface area contributed by atoms with Crippen molar-refractivity contribution in [3.63, 3.8) is 0 Å². The Balaban J connectivity index is 2.03. The monoisotopic (exact) mass is 344 g/mol. The molecule has 1 aliphatic heterocycles. The molecule has 1 aromatic heterocycles. The van der Waals surface area contributed by atoms with Crippen LogP contribution in [-0.4, -0.2) is 24.5 Å². The third-order valence-electron chi connectivity index (χ3n) is 4.52. The standard InChI is InChI=1S/C19H24N2O2S/c1-5-7-16-20-13(3)18(24-16)19(22)21-11-6-8-14-12(2)9-10-15(23-4)17(14)21/h9-10H,5-8,11H2,1-4H3. The van der Waals surface area contributed by atoms with Crippen LogP contribution in [-0.2, 0) is 12.8 Å². The van der Waals surface area contributed by atoms with Crippen LogP contribution in [0.3, 0.4) is 0 Å². The van der Waals surface area contributed by atoms with Gasteiger partial charge in [0.15, 0.2) is 0 Å². The van der Waals surface area contributed by atoms with Crippen LogP contribution in [0.2, 0.25) is 0 Å². The van der Waals surface area contributed by atoms with E-state index in [2.05, 4.69) is 24.9 Å². The summed E-state index contributed by atoms with van der Waals surface area (Å²) in [6.07, 6.45) is 3.94. The second-order valence-corrected chi connectivity index (χ2v) is 7.33. The van der Waals surface area contributed by atoms with Crippen LogP contribution in [0.1, 0.15) is 51.3 Å². The molecular formula is C19H24N2O2S. The van der Waals surface area contributed by atoms with Crippen molar-refractivity contribution < 1.29 is 9.53 Å². The number of aromatic nitrogens is 1. The SMILES string of the molecule is CCCc1nc(C)c(C(=O)N2CCCc3c(C)ccc(OC)c32)s1. The molecule has 1 amide bonds. The molecule has 0 saturated carbocycles. The number of ether oxygens (including phenoxy) is 1. The van der Waals surface area contributed by atoms with Gasteiger partial charge in [0.25, 0.3) is 5.91 Å². The van der Waals surface area contributed by atoms with Gasteiger partial charge in [0.1, 0.15) is 10.6 Å². The van der Waals surface area contributed by atoms with E-state index in [0.717, 1.165) is 59.2 Å². The Hall–Kier alpha value is -1.88. The zero-order valence-electron chi connectivity index (χ0n) is 14.8. The average molecular weight is 344 g/mol. The molecule has 0 radical (unpaired) electrons. The first-order valence-electron chi connectivity index (χ1n) is 8.51. The molecule has 0 fully saturated rings. The number of carbonyl (C=O) groups is 1. The van der Waals surface area contributed by atoms with Crippen LogP contribution in [0.4, 0.5) is 5.69 Å². The Morgan fingerprint density at radius 3 is 2.88 bits per heavy atom. The van der Waals surface area contributed by atoms with Crippen molar-refractivity contribution in [1.82, 2.24) is 4.98 Å². The van der Waals surface area contributed by atoms with Gasteiger partial charge in [0, 0.05) is 6.54 Å². The van der Waals surface area contributed by atoms with Crippen molar-refractivity contribution >= 4 is 22.9 Å². The van der Waals surface area contributed by atoms with E-state index in [9.17, 15) is 4.79 Å². The highest BCUT2D eigenvalue weighted by molar-refractivity contribution is 7.14. The number of hydrogen-bond donors (Lipinski definition) is 0. The van der Waals surface area contributed by atoms with Crippen molar-refractivity contribution in [3.8, 4) is 5.75 Å². The molecule has 24 heavy (non-hydrogen) atoms. The van der Waals surface area contributed by atoms with Crippen LogP contribution < -0.4 is 9.64 Å². The summed E-state index contributed by atoms with van der Waals surface area (Å²) >= 11 is 1.54. The fourth-order valence-electron chi connectivity index (χ4n) is 3.31. The lowest BCUT2D eigenvalue weighted by atomic mass is 9.96. The number of methoxy groups -OCH3 is 1. The van der Waals surface area contributed by atoms with Gasteiger partial charge in [-0.1, -0.05) is 13.0 Å². The Kier molecular flexibility index (Phi) is 4.90. The van der Waals surface area contributed by atoms with Gasteiger partial charge in [-0.3, -0.25) is 4.79 Å². The molecular weight excluding hydrogens is 320 g/mol. The number of anilines is 1. The minimum Gasteiger partial charge on any atom is -0.495 e. The summed E-state index contributed by atoms with van der Waals surface area (Å²) in [5.41, 5.74) is 4.23. The second kappa shape index (κ2) is 6.93. The van der Waals surface area contributed by atoms with Crippen LogP contribution in [0.15, 0.2) is 12.1 Å². The Bertz CT molecular complexity index is 767. The molecule has 0 unspecified atom stereocenters. The summed E-state index contributed by atoms with van der Waals surface area (Å²) in [7, 11) is 1.67. The van der Waals surface area contributed by atoms with Gasteiger partial charge in [-0.05, 0) is 56.7 Å². The van der Waals surface area contributed by atoms with Gasteiger partial charge in [0.2, 0.25) is 0 Å². The molecule has 0 atom stereocenters. The molecule has 0 aliphatic carbocycles. The van der Waals surface area contributed by atoms with E-state index in [1.54, 1.807) is 7.11 Å². The maximum atomic E-state index is 13.2. The zero-order chi connectivity index (χ0) is 17.3. The maximum Gasteiger partial charge on any atom is 0.270 e. The molecule has 2 heterocycles. The molecule has 4 nitrogen and oxygen atoms in total. The van der Waals surface area contributed by atoms with Crippen LogP contribution in [0.5, 0.6) is 5.75 Å². The van der Waals surface area contributed by atoms with Crippen molar-refractivity contribution in [2.75, 3.05) is 18.6 Å². The summed E-state index contributed by atoms with van der Waals surface area (Å²) in [5, 5.41) is 1.05. The Morgan fingerprint density at radius 2 is 2.17 bits per heavy atom. The van der Waals surface area contributed by atoms with E-state index >= 15 is 0 Å². The topological polar surface area (TPSA) is 42.4 Å². The largest absolute Gasteiger partial charge is 0.495 e. The normalized spacial score (nSPS) is 13.8. The smallest absolute Gasteiger partial charge is 0.270 e. The van der Waals surface area contributed by atoms with E-state index in [-0.39, 0.29) is 5.91 Å². The van der Waals surface area contributed by atoms with Crippen molar-refractivity contribution in [2.24, 2.45) is 0 Å². The highest BCUT2D eigenvalue weighted by atomic mass is 32.1. The highest BCUT2D eigenvalue weighted by Gasteiger charge is 2.30. The fraction of sp³-hybridized carbons (Fsp3) is 0.474. The number of nitrogens with zero attached hydrogens (tertiary/aromatic N) is 2. The van der Waals surface area contributed by atoms with Gasteiger partial charge in [-0.25, -0.2) is 4.98 Å². The molecule has 0 saturated heterocycles. The summed E-state index contributed by atoms with van der Waals surface area (Å²) in [5.74, 6) is 0.830. The number of fused-ring (bicyclic) bond motifs is 1. The van der Waals surface area contributed by atoms with E-state index in [1.165, 1.54) is 22.5 Å². The van der Waals surface area contributed by atoms with Gasteiger partial charge in [0.05, 0.1) is 23.5 Å². The van der Waals surface area contributed by atoms with E-state index < -0.39 is 0 Å². The molecule has 3 rings (SSSR count). The van der Waals surface area contributed by atoms with Crippen molar-refractivity contribution in [1.29, 1.82) is 0 Å². The average Bonchev–Trinajstić information content (AvgIpc) is 2.95. The van der Waals surface area contributed by atoms with Crippen LogP contribution >= 0.6 is 11.3 Å². The number of amides is 1. The molecule has 128 valence electrons. The lowest BCUT2D eigenvalue weighted by Gasteiger charge is -2.31. The zero-order valence-corrected chi connectivity index (χ0v) is 15.6. The van der Waals surface area contributed by atoms with Crippen molar-refractivity contribution in [3.05, 3.63) is 38.8 Å². The first kappa shape index (κ1) is 17.0. The van der Waals surface area contributed by atoms with Crippen LogP contribution in [0, 0.1) is 13.8 Å². The lowest BCUT2D eigenvalue weighted by Crippen LogP contribution is -2.36. The summed E-state index contributed by atoms with van der Waals surface area (Å²) in [6, 6.07) is 4.03. The first-order chi connectivity index (χ1) is 11.6. The molecule has 5 heteroatoms. The number of thiazole rings is 1. The number of rotatable bonds is 4. The predicted octanol–water partition coefficient (Wildman–Crippen LogP) is 4.31. The number of aryl methyl sites for hydroxylation is 3. The van der Waals surface area contributed by atoms with Gasteiger partial charge < -0.3 is 9.64 Å². The minimum atomic E-state index is 0.0530. The summed E-state index contributed by atoms with van der Waals surface area (Å²) in [4.78, 5) is 20.4. The van der Waals surface area contributed by atoms with Gasteiger partial charge in [-0.15, -0.1) is 11.3 Å². The molecule has 1 aliphatic rings. The molecule has 1 aromatic carbocycles. The van der Waals surface area contributed by atoms with Gasteiger partial charge >= 0.3 is 0 Å². The second-order valence-electron chi connectivity index (χ2n) is 6.24. The Labute approximate surface area is 147 Å². The van der Waals surface area contributed by atoms with Gasteiger partial charge in [-0.2, -0.15) is 0 Å². The predicted molar refractivity (Wildman–Crippen MR) is 98.6 cm³/mol. The van der Waals surface area contributed by atoms with E-state index in [1.807, 2.05) is 17.9 Å². The third-order valence-corrected chi connectivity index (χ3v) is 5.73. The summed E-state index contributed by atoms with van der Waals surface area (Å²) in [6.45, 7) is 6.89. The molecule has 0 bridgehead atoms. The van der Waals surface area contributed by atoms with E-state index in [4.69, 9.17) is 4.74 Å². The molecule has 0 spiro atoms. The minimum absolute atomic E-state index is 0.0530. The fourth-order valence-corrected chi connectivity index (χ4v) is 4.43. The van der Waals surface area contributed by atoms with Crippen LogP contribution in [0.25, 0.3) is 0 Å². The molecule has 2 aromatic rings.